The van der Waals surface area contributed by atoms with Gasteiger partial charge in [0.25, 0.3) is 5.91 Å². The molecule has 0 aliphatic carbocycles. The lowest BCUT2D eigenvalue weighted by Gasteiger charge is -2.44. The molecule has 168 valence electrons. The predicted molar refractivity (Wildman–Crippen MR) is 115 cm³/mol. The molecule has 0 unspecified atom stereocenters. The summed E-state index contributed by atoms with van der Waals surface area (Å²) < 4.78 is 7.40. The third-order valence-corrected chi connectivity index (χ3v) is 6.08. The molecule has 1 aromatic heterocycles. The molecule has 3 heterocycles. The Morgan fingerprint density at radius 3 is 2.53 bits per heavy atom. The molecule has 0 radical (unpaired) electrons. The highest BCUT2D eigenvalue weighted by atomic mass is 16.6. The third-order valence-electron chi connectivity index (χ3n) is 6.08. The number of likely N-dealkylation sites (tertiary alicyclic amines) is 1. The van der Waals surface area contributed by atoms with Gasteiger partial charge in [-0.05, 0) is 71.4 Å². The van der Waals surface area contributed by atoms with Crippen LogP contribution in [0.1, 0.15) is 63.2 Å². The molecule has 0 aromatic carbocycles. The Kier molecular flexibility index (Phi) is 7.06. The molecule has 30 heavy (non-hydrogen) atoms. The highest BCUT2D eigenvalue weighted by molar-refractivity contribution is 5.93. The van der Waals surface area contributed by atoms with Gasteiger partial charge in [0.05, 0.1) is 11.8 Å². The SMILES string of the molecule is CN1CC2(CCCNCCCn3cc(cn3)C1=O)CCN(C(=O)OC(C)(C)C)CC2. The van der Waals surface area contributed by atoms with E-state index in [1.807, 2.05) is 48.5 Å². The van der Waals surface area contributed by atoms with Crippen molar-refractivity contribution in [3.63, 3.8) is 0 Å². The largest absolute Gasteiger partial charge is 0.444 e. The van der Waals surface area contributed by atoms with Gasteiger partial charge >= 0.3 is 6.09 Å². The molecule has 8 nitrogen and oxygen atoms in total. The molecule has 1 aromatic rings. The average molecular weight is 420 g/mol. The fraction of sp³-hybridized carbons (Fsp3) is 0.773. The van der Waals surface area contributed by atoms with E-state index in [0.717, 1.165) is 51.7 Å². The minimum atomic E-state index is -0.487. The quantitative estimate of drug-likeness (QED) is 0.699. The zero-order valence-corrected chi connectivity index (χ0v) is 18.9. The first-order chi connectivity index (χ1) is 14.2. The molecule has 8 heteroatoms. The van der Waals surface area contributed by atoms with Crippen molar-refractivity contribution in [2.24, 2.45) is 5.41 Å². The van der Waals surface area contributed by atoms with Crippen molar-refractivity contribution in [3.05, 3.63) is 18.0 Å². The van der Waals surface area contributed by atoms with Gasteiger partial charge in [0.15, 0.2) is 0 Å². The maximum atomic E-state index is 13.0. The molecule has 1 fully saturated rings. The van der Waals surface area contributed by atoms with E-state index in [1.54, 1.807) is 6.20 Å². The number of hydrogen-bond acceptors (Lipinski definition) is 5. The van der Waals surface area contributed by atoms with E-state index < -0.39 is 5.60 Å². The summed E-state index contributed by atoms with van der Waals surface area (Å²) in [6, 6.07) is 0. The summed E-state index contributed by atoms with van der Waals surface area (Å²) in [5.41, 5.74) is 0.174. The molecule has 0 atom stereocenters. The highest BCUT2D eigenvalue weighted by Crippen LogP contribution is 2.37. The summed E-state index contributed by atoms with van der Waals surface area (Å²) in [6.07, 6.45) is 8.13. The summed E-state index contributed by atoms with van der Waals surface area (Å²) in [5, 5.41) is 7.87. The lowest BCUT2D eigenvalue weighted by Crippen LogP contribution is -2.49. The van der Waals surface area contributed by atoms with Gasteiger partial charge in [0.1, 0.15) is 5.60 Å². The first kappa shape index (κ1) is 22.6. The maximum absolute atomic E-state index is 13.0. The average Bonchev–Trinajstić information content (AvgIpc) is 3.14. The lowest BCUT2D eigenvalue weighted by atomic mass is 9.74. The number of nitrogens with zero attached hydrogens (tertiary/aromatic N) is 4. The number of fused-ring (bicyclic) bond motifs is 2. The molecule has 3 rings (SSSR count). The number of carbonyl (C=O) groups is 2. The van der Waals surface area contributed by atoms with Crippen LogP contribution in [0.2, 0.25) is 0 Å². The van der Waals surface area contributed by atoms with Crippen molar-refractivity contribution in [2.45, 2.75) is 65.0 Å². The number of ether oxygens (including phenoxy) is 1. The fourth-order valence-corrected chi connectivity index (χ4v) is 4.45. The van der Waals surface area contributed by atoms with Gasteiger partial charge < -0.3 is 19.9 Å². The normalized spacial score (nSPS) is 21.4. The molecule has 1 saturated heterocycles. The Morgan fingerprint density at radius 1 is 1.13 bits per heavy atom. The van der Waals surface area contributed by atoms with Crippen LogP contribution in [0.25, 0.3) is 0 Å². The Balaban J connectivity index is 1.69. The molecular weight excluding hydrogens is 382 g/mol. The van der Waals surface area contributed by atoms with Gasteiger partial charge in [-0.1, -0.05) is 0 Å². The van der Waals surface area contributed by atoms with Crippen molar-refractivity contribution in [2.75, 3.05) is 39.8 Å². The Morgan fingerprint density at radius 2 is 1.83 bits per heavy atom. The molecule has 2 aliphatic heterocycles. The Labute approximate surface area is 179 Å². The molecule has 2 bridgehead atoms. The summed E-state index contributed by atoms with van der Waals surface area (Å²) in [6.45, 7) is 10.4. The zero-order chi connectivity index (χ0) is 21.8. The third kappa shape index (κ3) is 5.97. The summed E-state index contributed by atoms with van der Waals surface area (Å²) in [7, 11) is 1.88. The number of aryl methyl sites for hydroxylation is 1. The van der Waals surface area contributed by atoms with E-state index in [2.05, 4.69) is 10.4 Å². The number of carbonyl (C=O) groups excluding carboxylic acids is 2. The summed E-state index contributed by atoms with van der Waals surface area (Å²) >= 11 is 0. The Hall–Kier alpha value is -2.09. The van der Waals surface area contributed by atoms with Crippen LogP contribution >= 0.6 is 0 Å². The van der Waals surface area contributed by atoms with Crippen LogP contribution in [0.15, 0.2) is 12.4 Å². The number of rotatable bonds is 0. The Bertz CT molecular complexity index is 731. The van der Waals surface area contributed by atoms with E-state index in [1.165, 1.54) is 0 Å². The van der Waals surface area contributed by atoms with Crippen LogP contribution in [0.5, 0.6) is 0 Å². The van der Waals surface area contributed by atoms with Gasteiger partial charge in [-0.15, -0.1) is 0 Å². The van der Waals surface area contributed by atoms with Crippen molar-refractivity contribution in [3.8, 4) is 0 Å². The smallest absolute Gasteiger partial charge is 0.410 e. The highest BCUT2D eigenvalue weighted by Gasteiger charge is 2.38. The van der Waals surface area contributed by atoms with Crippen molar-refractivity contribution in [1.29, 1.82) is 0 Å². The molecule has 2 amide bonds. The van der Waals surface area contributed by atoms with Crippen LogP contribution in [-0.2, 0) is 11.3 Å². The van der Waals surface area contributed by atoms with Crippen LogP contribution in [0, 0.1) is 5.41 Å². The van der Waals surface area contributed by atoms with Gasteiger partial charge in [-0.3, -0.25) is 9.48 Å². The van der Waals surface area contributed by atoms with Crippen LogP contribution in [0.4, 0.5) is 4.79 Å². The molecular formula is C22H37N5O3. The van der Waals surface area contributed by atoms with E-state index in [0.29, 0.717) is 25.2 Å². The first-order valence-electron chi connectivity index (χ1n) is 11.1. The van der Waals surface area contributed by atoms with E-state index in [-0.39, 0.29) is 17.4 Å². The topological polar surface area (TPSA) is 79.7 Å². The lowest BCUT2D eigenvalue weighted by molar-refractivity contribution is 0.00379. The van der Waals surface area contributed by atoms with Crippen LogP contribution in [-0.4, -0.2) is 77.0 Å². The zero-order valence-electron chi connectivity index (χ0n) is 18.9. The predicted octanol–water partition coefficient (Wildman–Crippen LogP) is 2.75. The van der Waals surface area contributed by atoms with Crippen molar-refractivity contribution >= 4 is 12.0 Å². The van der Waals surface area contributed by atoms with Crippen LogP contribution in [0.3, 0.4) is 0 Å². The fourth-order valence-electron chi connectivity index (χ4n) is 4.45. The second-order valence-corrected chi connectivity index (χ2v) is 9.83. The molecule has 1 spiro atoms. The molecule has 0 saturated carbocycles. The second-order valence-electron chi connectivity index (χ2n) is 9.83. The summed E-state index contributed by atoms with van der Waals surface area (Å²) in [4.78, 5) is 29.1. The minimum absolute atomic E-state index is 0.0186. The maximum Gasteiger partial charge on any atom is 0.410 e. The first-order valence-corrected chi connectivity index (χ1v) is 11.1. The second kappa shape index (κ2) is 9.37. The van der Waals surface area contributed by atoms with E-state index in [9.17, 15) is 9.59 Å². The van der Waals surface area contributed by atoms with Crippen molar-refractivity contribution < 1.29 is 14.3 Å². The van der Waals surface area contributed by atoms with Crippen molar-refractivity contribution in [1.82, 2.24) is 24.9 Å². The minimum Gasteiger partial charge on any atom is -0.444 e. The van der Waals surface area contributed by atoms with Gasteiger partial charge in [0, 0.05) is 39.4 Å². The molecule has 2 aliphatic rings. The summed E-state index contributed by atoms with van der Waals surface area (Å²) in [5.74, 6) is 0.0189. The number of aromatic nitrogens is 2. The number of piperidine rings is 1. The van der Waals surface area contributed by atoms with Crippen LogP contribution < -0.4 is 5.32 Å². The standard InChI is InChI=1S/C22H37N5O3/c1-21(2,3)30-20(29)26-13-8-22(9-14-26)7-5-10-23-11-6-12-27-16-18(15-24-27)19(28)25(4)17-22/h15-16,23H,5-14,17H2,1-4H3. The number of nitrogens with one attached hydrogen (secondary N) is 1. The number of hydrogen-bond donors (Lipinski definition) is 1. The van der Waals surface area contributed by atoms with Gasteiger partial charge in [-0.25, -0.2) is 4.79 Å². The monoisotopic (exact) mass is 419 g/mol. The van der Waals surface area contributed by atoms with Gasteiger partial charge in [-0.2, -0.15) is 5.10 Å². The molecule has 1 N–H and O–H groups in total. The van der Waals surface area contributed by atoms with E-state index >= 15 is 0 Å². The van der Waals surface area contributed by atoms with E-state index in [4.69, 9.17) is 4.74 Å². The van der Waals surface area contributed by atoms with Gasteiger partial charge in [0.2, 0.25) is 0 Å². The number of amides is 2.